The van der Waals surface area contributed by atoms with Gasteiger partial charge in [0.2, 0.25) is 5.91 Å². The highest BCUT2D eigenvalue weighted by molar-refractivity contribution is 5.85. The van der Waals surface area contributed by atoms with E-state index in [1.807, 2.05) is 13.8 Å². The summed E-state index contributed by atoms with van der Waals surface area (Å²) in [6.07, 6.45) is 0.541. The molecule has 0 saturated carbocycles. The molecule has 5 heteroatoms. The van der Waals surface area contributed by atoms with Gasteiger partial charge in [0.25, 0.3) is 0 Å². The van der Waals surface area contributed by atoms with Gasteiger partial charge in [-0.05, 0) is 37.0 Å². The summed E-state index contributed by atoms with van der Waals surface area (Å²) in [4.78, 5) is 23.8. The third kappa shape index (κ3) is 6.38. The first-order valence-electron chi connectivity index (χ1n) is 7.12. The number of carbonyl (C=O) groups excluding carboxylic acids is 2. The molecule has 1 aromatic rings. The number of halogens is 1. The molecule has 0 bridgehead atoms. The van der Waals surface area contributed by atoms with Crippen LogP contribution in [-0.2, 0) is 20.7 Å². The van der Waals surface area contributed by atoms with Crippen LogP contribution in [-0.4, -0.2) is 24.5 Å². The van der Waals surface area contributed by atoms with Crippen LogP contribution in [0.25, 0.3) is 0 Å². The van der Waals surface area contributed by atoms with Gasteiger partial charge in [-0.1, -0.05) is 26.0 Å². The Morgan fingerprint density at radius 3 is 2.62 bits per heavy atom. The van der Waals surface area contributed by atoms with Crippen LogP contribution in [0, 0.1) is 11.7 Å². The van der Waals surface area contributed by atoms with Crippen molar-refractivity contribution in [3.8, 4) is 0 Å². The zero-order valence-electron chi connectivity index (χ0n) is 12.7. The number of ether oxygens (including phenoxy) is 1. The van der Waals surface area contributed by atoms with Crippen molar-refractivity contribution in [2.75, 3.05) is 6.61 Å². The molecule has 0 aliphatic rings. The number of hydrogen-bond acceptors (Lipinski definition) is 3. The number of rotatable bonds is 7. The highest BCUT2D eigenvalue weighted by Gasteiger charge is 2.23. The van der Waals surface area contributed by atoms with Gasteiger partial charge in [-0.25, -0.2) is 9.18 Å². The fraction of sp³-hybridized carbons (Fsp3) is 0.500. The highest BCUT2D eigenvalue weighted by Crippen LogP contribution is 2.08. The van der Waals surface area contributed by atoms with E-state index in [0.29, 0.717) is 12.0 Å². The molecule has 116 valence electrons. The van der Waals surface area contributed by atoms with Gasteiger partial charge < -0.3 is 10.1 Å². The maximum Gasteiger partial charge on any atom is 0.328 e. The Bertz CT molecular complexity index is 488. The van der Waals surface area contributed by atoms with Crippen LogP contribution in [0.2, 0.25) is 0 Å². The number of carbonyl (C=O) groups is 2. The van der Waals surface area contributed by atoms with Gasteiger partial charge in [0.15, 0.2) is 0 Å². The van der Waals surface area contributed by atoms with E-state index in [1.54, 1.807) is 19.1 Å². The van der Waals surface area contributed by atoms with Crippen molar-refractivity contribution in [1.29, 1.82) is 0 Å². The largest absolute Gasteiger partial charge is 0.464 e. The Kier molecular flexibility index (Phi) is 6.85. The molecule has 1 amide bonds. The number of nitrogens with one attached hydrogen (secondary N) is 1. The lowest BCUT2D eigenvalue weighted by Gasteiger charge is -2.19. The maximum absolute atomic E-state index is 13.1. The van der Waals surface area contributed by atoms with Gasteiger partial charge in [0.05, 0.1) is 13.0 Å². The topological polar surface area (TPSA) is 55.4 Å². The van der Waals surface area contributed by atoms with E-state index < -0.39 is 12.0 Å². The number of esters is 1. The Hall–Kier alpha value is -1.91. The smallest absolute Gasteiger partial charge is 0.328 e. The van der Waals surface area contributed by atoms with E-state index in [2.05, 4.69) is 5.32 Å². The summed E-state index contributed by atoms with van der Waals surface area (Å²) in [6, 6.07) is 5.19. The second-order valence-corrected chi connectivity index (χ2v) is 5.31. The first-order chi connectivity index (χ1) is 9.92. The summed E-state index contributed by atoms with van der Waals surface area (Å²) >= 11 is 0. The van der Waals surface area contributed by atoms with Gasteiger partial charge in [-0.15, -0.1) is 0 Å². The Labute approximate surface area is 124 Å². The predicted molar refractivity (Wildman–Crippen MR) is 78.1 cm³/mol. The van der Waals surface area contributed by atoms with Crippen molar-refractivity contribution < 1.29 is 18.7 Å². The Balaban J connectivity index is 2.64. The maximum atomic E-state index is 13.1. The van der Waals surface area contributed by atoms with Crippen molar-refractivity contribution in [2.45, 2.75) is 39.7 Å². The van der Waals surface area contributed by atoms with Crippen molar-refractivity contribution >= 4 is 11.9 Å². The quantitative estimate of drug-likeness (QED) is 0.786. The van der Waals surface area contributed by atoms with E-state index in [-0.39, 0.29) is 30.7 Å². The lowest BCUT2D eigenvalue weighted by Crippen LogP contribution is -2.43. The first-order valence-corrected chi connectivity index (χ1v) is 7.12. The summed E-state index contributed by atoms with van der Waals surface area (Å²) in [6.45, 7) is 5.92. The fourth-order valence-corrected chi connectivity index (χ4v) is 2.01. The number of hydrogen-bond donors (Lipinski definition) is 1. The van der Waals surface area contributed by atoms with Crippen LogP contribution in [0.15, 0.2) is 24.3 Å². The van der Waals surface area contributed by atoms with E-state index in [1.165, 1.54) is 12.1 Å². The minimum Gasteiger partial charge on any atom is -0.464 e. The SMILES string of the molecule is CCOC(=O)[C@H](CC(C)C)NC(=O)Cc1cccc(F)c1. The molecule has 21 heavy (non-hydrogen) atoms. The fourth-order valence-electron chi connectivity index (χ4n) is 2.01. The minimum atomic E-state index is -0.661. The zero-order chi connectivity index (χ0) is 15.8. The third-order valence-corrected chi connectivity index (χ3v) is 2.87. The molecule has 1 aromatic carbocycles. The van der Waals surface area contributed by atoms with E-state index in [9.17, 15) is 14.0 Å². The predicted octanol–water partition coefficient (Wildman–Crippen LogP) is 2.46. The molecule has 0 unspecified atom stereocenters. The summed E-state index contributed by atoms with van der Waals surface area (Å²) < 4.78 is 18.0. The van der Waals surface area contributed by atoms with Gasteiger partial charge in [-0.3, -0.25) is 4.79 Å². The average Bonchev–Trinajstić information content (AvgIpc) is 2.37. The molecule has 0 saturated heterocycles. The van der Waals surface area contributed by atoms with Gasteiger partial charge >= 0.3 is 5.97 Å². The van der Waals surface area contributed by atoms with Crippen LogP contribution >= 0.6 is 0 Å². The summed E-state index contributed by atoms with van der Waals surface area (Å²) in [5, 5.41) is 2.66. The van der Waals surface area contributed by atoms with E-state index in [4.69, 9.17) is 4.74 Å². The molecular formula is C16H22FNO3. The molecule has 1 atom stereocenters. The zero-order valence-corrected chi connectivity index (χ0v) is 12.7. The molecule has 0 radical (unpaired) electrons. The van der Waals surface area contributed by atoms with Crippen molar-refractivity contribution in [3.63, 3.8) is 0 Å². The minimum absolute atomic E-state index is 0.0335. The Morgan fingerprint density at radius 1 is 1.33 bits per heavy atom. The van der Waals surface area contributed by atoms with Gasteiger partial charge in [0.1, 0.15) is 11.9 Å². The second-order valence-electron chi connectivity index (χ2n) is 5.31. The lowest BCUT2D eigenvalue weighted by atomic mass is 10.0. The molecular weight excluding hydrogens is 273 g/mol. The van der Waals surface area contributed by atoms with Crippen molar-refractivity contribution in [3.05, 3.63) is 35.6 Å². The van der Waals surface area contributed by atoms with Crippen LogP contribution in [0.3, 0.4) is 0 Å². The lowest BCUT2D eigenvalue weighted by molar-refractivity contribution is -0.147. The third-order valence-electron chi connectivity index (χ3n) is 2.87. The molecule has 0 aromatic heterocycles. The Morgan fingerprint density at radius 2 is 2.05 bits per heavy atom. The average molecular weight is 295 g/mol. The molecule has 1 N–H and O–H groups in total. The first kappa shape index (κ1) is 17.1. The monoisotopic (exact) mass is 295 g/mol. The molecule has 0 aliphatic carbocycles. The standard InChI is InChI=1S/C16H22FNO3/c1-4-21-16(20)14(8-11(2)3)18-15(19)10-12-6-5-7-13(17)9-12/h5-7,9,11,14H,4,8,10H2,1-3H3,(H,18,19)/t14-/m0/s1. The van der Waals surface area contributed by atoms with E-state index in [0.717, 1.165) is 0 Å². The molecule has 1 rings (SSSR count). The van der Waals surface area contributed by atoms with Crippen LogP contribution in [0.4, 0.5) is 4.39 Å². The molecule has 0 aliphatic heterocycles. The molecule has 4 nitrogen and oxygen atoms in total. The summed E-state index contributed by atoms with van der Waals surface area (Å²) in [5.74, 6) is -0.892. The van der Waals surface area contributed by atoms with Crippen LogP contribution in [0.5, 0.6) is 0 Å². The highest BCUT2D eigenvalue weighted by atomic mass is 19.1. The number of amides is 1. The second kappa shape index (κ2) is 8.39. The van der Waals surface area contributed by atoms with Crippen LogP contribution < -0.4 is 5.32 Å². The molecule has 0 spiro atoms. The number of benzene rings is 1. The van der Waals surface area contributed by atoms with Crippen molar-refractivity contribution in [1.82, 2.24) is 5.32 Å². The van der Waals surface area contributed by atoms with Gasteiger partial charge in [0, 0.05) is 0 Å². The normalized spacial score (nSPS) is 12.0. The molecule has 0 fully saturated rings. The summed E-state index contributed by atoms with van der Waals surface area (Å²) in [5.41, 5.74) is 0.569. The van der Waals surface area contributed by atoms with Crippen LogP contribution in [0.1, 0.15) is 32.8 Å². The molecule has 0 heterocycles. The van der Waals surface area contributed by atoms with E-state index >= 15 is 0 Å². The van der Waals surface area contributed by atoms with Gasteiger partial charge in [-0.2, -0.15) is 0 Å². The van der Waals surface area contributed by atoms with Crippen molar-refractivity contribution in [2.24, 2.45) is 5.92 Å². The summed E-state index contributed by atoms with van der Waals surface area (Å²) in [7, 11) is 0.